The molecule has 1 nitrogen and oxygen atoms in total. The number of benzene rings is 2. The van der Waals surface area contributed by atoms with Crippen LogP contribution in [0.5, 0.6) is 0 Å². The Morgan fingerprint density at radius 2 is 1.47 bits per heavy atom. The molecule has 0 N–H and O–H groups in total. The Kier molecular flexibility index (Phi) is 3.98. The number of ketones is 1. The van der Waals surface area contributed by atoms with Gasteiger partial charge < -0.3 is 0 Å². The van der Waals surface area contributed by atoms with Crippen molar-refractivity contribution in [3.05, 3.63) is 68.2 Å². The molecule has 0 aromatic heterocycles. The first-order valence-electron chi connectivity index (χ1n) is 5.97. The second-order valence-electron chi connectivity index (χ2n) is 4.71. The van der Waals surface area contributed by atoms with Gasteiger partial charge in [0, 0.05) is 21.2 Å². The minimum absolute atomic E-state index is 0.0285. The van der Waals surface area contributed by atoms with Crippen LogP contribution in [-0.2, 0) is 0 Å². The van der Waals surface area contributed by atoms with Crippen molar-refractivity contribution in [1.82, 2.24) is 0 Å². The largest absolute Gasteiger partial charge is 0.289 e. The molecule has 19 heavy (non-hydrogen) atoms. The number of carbonyl (C=O) groups is 1. The molecule has 0 aliphatic rings. The zero-order valence-corrected chi connectivity index (χ0v) is 12.6. The van der Waals surface area contributed by atoms with Crippen LogP contribution < -0.4 is 0 Å². The molecule has 98 valence electrons. The van der Waals surface area contributed by atoms with Crippen LogP contribution in [0.1, 0.15) is 32.6 Å². The second kappa shape index (κ2) is 5.36. The van der Waals surface area contributed by atoms with Crippen LogP contribution >= 0.6 is 23.2 Å². The van der Waals surface area contributed by atoms with Gasteiger partial charge in [0.25, 0.3) is 0 Å². The van der Waals surface area contributed by atoms with Gasteiger partial charge in [0.2, 0.25) is 0 Å². The van der Waals surface area contributed by atoms with Crippen LogP contribution in [0.4, 0.5) is 0 Å². The van der Waals surface area contributed by atoms with Crippen molar-refractivity contribution in [2.24, 2.45) is 0 Å². The van der Waals surface area contributed by atoms with Gasteiger partial charge in [-0.25, -0.2) is 0 Å². The Morgan fingerprint density at radius 3 is 2.11 bits per heavy atom. The van der Waals surface area contributed by atoms with Gasteiger partial charge in [-0.2, -0.15) is 0 Å². The first-order valence-corrected chi connectivity index (χ1v) is 6.73. The molecule has 2 aromatic carbocycles. The van der Waals surface area contributed by atoms with Gasteiger partial charge in [0.05, 0.1) is 0 Å². The molecule has 2 aromatic rings. The number of carbonyl (C=O) groups excluding carboxylic acids is 1. The second-order valence-corrected chi connectivity index (χ2v) is 5.52. The van der Waals surface area contributed by atoms with E-state index in [0.717, 1.165) is 16.7 Å². The van der Waals surface area contributed by atoms with Gasteiger partial charge in [-0.05, 0) is 55.7 Å². The molecule has 0 spiro atoms. The van der Waals surface area contributed by atoms with E-state index in [2.05, 4.69) is 0 Å². The summed E-state index contributed by atoms with van der Waals surface area (Å²) >= 11 is 12.1. The molecule has 0 aliphatic heterocycles. The Hall–Kier alpha value is -1.31. The Bertz CT molecular complexity index is 660. The van der Waals surface area contributed by atoms with E-state index in [4.69, 9.17) is 23.2 Å². The highest BCUT2D eigenvalue weighted by molar-refractivity contribution is 6.32. The Balaban J connectivity index is 2.49. The first-order chi connectivity index (χ1) is 8.90. The molecule has 0 amide bonds. The normalized spacial score (nSPS) is 10.6. The van der Waals surface area contributed by atoms with Gasteiger partial charge in [0.1, 0.15) is 0 Å². The van der Waals surface area contributed by atoms with E-state index in [1.165, 1.54) is 0 Å². The number of hydrogen-bond donors (Lipinski definition) is 0. The Labute approximate surface area is 123 Å². The molecule has 0 radical (unpaired) electrons. The molecule has 0 atom stereocenters. The van der Waals surface area contributed by atoms with E-state index < -0.39 is 0 Å². The average molecular weight is 293 g/mol. The van der Waals surface area contributed by atoms with Crippen LogP contribution in [-0.4, -0.2) is 5.78 Å². The molecule has 0 saturated heterocycles. The van der Waals surface area contributed by atoms with Crippen molar-refractivity contribution < 1.29 is 4.79 Å². The summed E-state index contributed by atoms with van der Waals surface area (Å²) in [6.07, 6.45) is 0. The fraction of sp³-hybridized carbons (Fsp3) is 0.188. The summed E-state index contributed by atoms with van der Waals surface area (Å²) in [6.45, 7) is 5.68. The number of halogens is 2. The van der Waals surface area contributed by atoms with Crippen LogP contribution in [0.25, 0.3) is 0 Å². The van der Waals surface area contributed by atoms with Gasteiger partial charge in [-0.3, -0.25) is 4.79 Å². The lowest BCUT2D eigenvalue weighted by Gasteiger charge is -2.09. The van der Waals surface area contributed by atoms with Crippen LogP contribution in [0.3, 0.4) is 0 Å². The predicted octanol–water partition coefficient (Wildman–Crippen LogP) is 5.15. The van der Waals surface area contributed by atoms with E-state index in [1.54, 1.807) is 12.1 Å². The average Bonchev–Trinajstić information content (AvgIpc) is 2.36. The summed E-state index contributed by atoms with van der Waals surface area (Å²) in [5.74, 6) is -0.0285. The quantitative estimate of drug-likeness (QED) is 0.700. The monoisotopic (exact) mass is 292 g/mol. The lowest BCUT2D eigenvalue weighted by Crippen LogP contribution is -2.04. The summed E-state index contributed by atoms with van der Waals surface area (Å²) in [6, 6.07) is 9.01. The smallest absolute Gasteiger partial charge is 0.193 e. The highest BCUT2D eigenvalue weighted by Crippen LogP contribution is 2.24. The van der Waals surface area contributed by atoms with E-state index in [9.17, 15) is 4.79 Å². The zero-order chi connectivity index (χ0) is 14.2. The molecule has 2 rings (SSSR count). The van der Waals surface area contributed by atoms with E-state index in [1.807, 2.05) is 39.0 Å². The molecule has 0 aliphatic carbocycles. The predicted molar refractivity (Wildman–Crippen MR) is 80.5 cm³/mol. The third-order valence-corrected chi connectivity index (χ3v) is 4.00. The maximum Gasteiger partial charge on any atom is 0.193 e. The van der Waals surface area contributed by atoms with Crippen molar-refractivity contribution in [1.29, 1.82) is 0 Å². The topological polar surface area (TPSA) is 17.1 Å². The maximum atomic E-state index is 12.5. The zero-order valence-electron chi connectivity index (χ0n) is 11.1. The number of hydrogen-bond acceptors (Lipinski definition) is 1. The summed E-state index contributed by atoms with van der Waals surface area (Å²) in [5.41, 5.74) is 4.00. The molecule has 3 heteroatoms. The SMILES string of the molecule is Cc1ccc(C(=O)c2cc(C)c(Cl)cc2C)cc1Cl. The van der Waals surface area contributed by atoms with Gasteiger partial charge >= 0.3 is 0 Å². The number of aryl methyl sites for hydroxylation is 3. The van der Waals surface area contributed by atoms with E-state index in [0.29, 0.717) is 21.2 Å². The lowest BCUT2D eigenvalue weighted by molar-refractivity contribution is 0.103. The van der Waals surface area contributed by atoms with Crippen LogP contribution in [0.2, 0.25) is 10.0 Å². The Morgan fingerprint density at radius 1 is 0.842 bits per heavy atom. The molecule has 0 bridgehead atoms. The van der Waals surface area contributed by atoms with E-state index >= 15 is 0 Å². The lowest BCUT2D eigenvalue weighted by atomic mass is 9.97. The highest BCUT2D eigenvalue weighted by Gasteiger charge is 2.14. The third kappa shape index (κ3) is 2.83. The molecule has 0 heterocycles. The first kappa shape index (κ1) is 14.1. The van der Waals surface area contributed by atoms with Crippen molar-refractivity contribution in [2.45, 2.75) is 20.8 Å². The fourth-order valence-corrected chi connectivity index (χ4v) is 2.31. The van der Waals surface area contributed by atoms with Crippen LogP contribution in [0, 0.1) is 20.8 Å². The minimum Gasteiger partial charge on any atom is -0.289 e. The summed E-state index contributed by atoms with van der Waals surface area (Å²) in [5, 5.41) is 1.28. The summed E-state index contributed by atoms with van der Waals surface area (Å²) < 4.78 is 0. The third-order valence-electron chi connectivity index (χ3n) is 3.18. The van der Waals surface area contributed by atoms with Gasteiger partial charge in [0.15, 0.2) is 5.78 Å². The van der Waals surface area contributed by atoms with Crippen molar-refractivity contribution in [2.75, 3.05) is 0 Å². The van der Waals surface area contributed by atoms with Crippen LogP contribution in [0.15, 0.2) is 30.3 Å². The summed E-state index contributed by atoms with van der Waals surface area (Å²) in [7, 11) is 0. The molecule has 0 fully saturated rings. The van der Waals surface area contributed by atoms with Gasteiger partial charge in [-0.15, -0.1) is 0 Å². The molecule has 0 saturated carbocycles. The maximum absolute atomic E-state index is 12.5. The van der Waals surface area contributed by atoms with Crippen molar-refractivity contribution in [3.63, 3.8) is 0 Å². The molecular weight excluding hydrogens is 279 g/mol. The highest BCUT2D eigenvalue weighted by atomic mass is 35.5. The van der Waals surface area contributed by atoms with E-state index in [-0.39, 0.29) is 5.78 Å². The fourth-order valence-electron chi connectivity index (χ4n) is 1.92. The summed E-state index contributed by atoms with van der Waals surface area (Å²) in [4.78, 5) is 12.5. The number of rotatable bonds is 2. The van der Waals surface area contributed by atoms with Crippen molar-refractivity contribution >= 4 is 29.0 Å². The van der Waals surface area contributed by atoms with Gasteiger partial charge in [-0.1, -0.05) is 35.3 Å². The minimum atomic E-state index is -0.0285. The standard InChI is InChI=1S/C16H14Cl2O/c1-9-4-5-12(8-15(9)18)16(19)13-6-11(3)14(17)7-10(13)2/h4-8H,1-3H3. The van der Waals surface area contributed by atoms with Crippen molar-refractivity contribution in [3.8, 4) is 0 Å². The molecule has 0 unspecified atom stereocenters. The molecular formula is C16H14Cl2O.